The van der Waals surface area contributed by atoms with Gasteiger partial charge in [0.25, 0.3) is 0 Å². The van der Waals surface area contributed by atoms with Gasteiger partial charge >= 0.3 is 0 Å². The van der Waals surface area contributed by atoms with Crippen molar-refractivity contribution in [3.05, 3.63) is 58.3 Å². The lowest BCUT2D eigenvalue weighted by Gasteiger charge is -2.09. The summed E-state index contributed by atoms with van der Waals surface area (Å²) < 4.78 is 14.3. The van der Waals surface area contributed by atoms with Crippen LogP contribution in [0.4, 0.5) is 15.8 Å². The van der Waals surface area contributed by atoms with Crippen molar-refractivity contribution in [1.82, 2.24) is 0 Å². The predicted molar refractivity (Wildman–Crippen MR) is 87.2 cm³/mol. The molecule has 4 nitrogen and oxygen atoms in total. The first-order valence-corrected chi connectivity index (χ1v) is 7.35. The minimum Gasteiger partial charge on any atom is -0.325 e. The molecule has 22 heavy (non-hydrogen) atoms. The molecule has 0 aliphatic heterocycles. The van der Waals surface area contributed by atoms with Gasteiger partial charge in [-0.2, -0.15) is 0 Å². The monoisotopic (exact) mass is 364 g/mol. The Balaban J connectivity index is 1.94. The lowest BCUT2D eigenvalue weighted by atomic mass is 10.2. The van der Waals surface area contributed by atoms with Crippen LogP contribution in [-0.4, -0.2) is 11.8 Å². The zero-order chi connectivity index (χ0) is 16.1. The van der Waals surface area contributed by atoms with Crippen LogP contribution in [0, 0.1) is 12.7 Å². The molecular weight excluding hydrogens is 351 g/mol. The highest BCUT2D eigenvalue weighted by Gasteiger charge is 2.12. The third kappa shape index (κ3) is 4.39. The number of carbonyl (C=O) groups is 2. The number of amides is 2. The molecule has 0 aliphatic carbocycles. The fraction of sp³-hybridized carbons (Fsp3) is 0.125. The second kappa shape index (κ2) is 7.17. The average Bonchev–Trinajstić information content (AvgIpc) is 2.44. The first-order valence-electron chi connectivity index (χ1n) is 6.56. The molecular formula is C16H14BrFN2O2. The summed E-state index contributed by atoms with van der Waals surface area (Å²) in [5, 5.41) is 5.02. The van der Waals surface area contributed by atoms with Crippen molar-refractivity contribution in [1.29, 1.82) is 0 Å². The van der Waals surface area contributed by atoms with Crippen molar-refractivity contribution < 1.29 is 14.0 Å². The van der Waals surface area contributed by atoms with Gasteiger partial charge in [-0.3, -0.25) is 9.59 Å². The maximum absolute atomic E-state index is 13.4. The maximum Gasteiger partial charge on any atom is 0.233 e. The van der Waals surface area contributed by atoms with Gasteiger partial charge in [0.2, 0.25) is 11.8 Å². The van der Waals surface area contributed by atoms with Crippen molar-refractivity contribution in [2.45, 2.75) is 13.3 Å². The Morgan fingerprint density at radius 1 is 1.05 bits per heavy atom. The van der Waals surface area contributed by atoms with E-state index in [-0.39, 0.29) is 12.1 Å². The predicted octanol–water partition coefficient (Wildman–Crippen LogP) is 3.86. The van der Waals surface area contributed by atoms with Crippen LogP contribution in [0.3, 0.4) is 0 Å². The summed E-state index contributed by atoms with van der Waals surface area (Å²) in [6, 6.07) is 11.2. The number of carbonyl (C=O) groups excluding carboxylic acids is 2. The fourth-order valence-electron chi connectivity index (χ4n) is 1.86. The number of hydrogen-bond donors (Lipinski definition) is 2. The molecule has 0 atom stereocenters. The summed E-state index contributed by atoms with van der Waals surface area (Å²) >= 11 is 3.33. The summed E-state index contributed by atoms with van der Waals surface area (Å²) in [5.41, 5.74) is 1.56. The van der Waals surface area contributed by atoms with Crippen molar-refractivity contribution in [3.63, 3.8) is 0 Å². The number of nitrogens with one attached hydrogen (secondary N) is 2. The molecule has 0 aromatic heterocycles. The Hall–Kier alpha value is -2.21. The van der Waals surface area contributed by atoms with E-state index < -0.39 is 17.6 Å². The van der Waals surface area contributed by atoms with Crippen molar-refractivity contribution in [3.8, 4) is 0 Å². The minimum atomic E-state index is -0.572. The van der Waals surface area contributed by atoms with Gasteiger partial charge in [0.1, 0.15) is 12.2 Å². The summed E-state index contributed by atoms with van der Waals surface area (Å²) in [6.07, 6.45) is -0.385. The standard InChI is InChI=1S/C16H14BrFN2O2/c1-10-8-11(17)6-7-13(10)19-15(21)9-16(22)20-14-5-3-2-4-12(14)18/h2-8H,9H2,1H3,(H,19,21)(H,20,22). The van der Waals surface area contributed by atoms with E-state index >= 15 is 0 Å². The van der Waals surface area contributed by atoms with Gasteiger partial charge in [-0.1, -0.05) is 28.1 Å². The van der Waals surface area contributed by atoms with Gasteiger partial charge in [-0.05, 0) is 42.8 Å². The Kier molecular flexibility index (Phi) is 5.27. The summed E-state index contributed by atoms with van der Waals surface area (Å²) in [4.78, 5) is 23.6. The third-order valence-corrected chi connectivity index (χ3v) is 3.42. The lowest BCUT2D eigenvalue weighted by Crippen LogP contribution is -2.22. The highest BCUT2D eigenvalue weighted by Crippen LogP contribution is 2.20. The highest BCUT2D eigenvalue weighted by molar-refractivity contribution is 9.10. The molecule has 0 saturated heterocycles. The van der Waals surface area contributed by atoms with Crippen LogP contribution >= 0.6 is 15.9 Å². The summed E-state index contributed by atoms with van der Waals surface area (Å²) in [5.74, 6) is -1.57. The smallest absolute Gasteiger partial charge is 0.233 e. The van der Waals surface area contributed by atoms with Gasteiger partial charge in [0, 0.05) is 10.2 Å². The van der Waals surface area contributed by atoms with E-state index in [4.69, 9.17) is 0 Å². The Morgan fingerprint density at radius 3 is 2.32 bits per heavy atom. The molecule has 0 aliphatic rings. The molecule has 2 aromatic rings. The van der Waals surface area contributed by atoms with Crippen molar-refractivity contribution >= 4 is 39.1 Å². The summed E-state index contributed by atoms with van der Waals surface area (Å²) in [7, 11) is 0. The average molecular weight is 365 g/mol. The number of aryl methyl sites for hydroxylation is 1. The van der Waals surface area contributed by atoms with E-state index in [0.29, 0.717) is 5.69 Å². The second-order valence-electron chi connectivity index (χ2n) is 4.71. The van der Waals surface area contributed by atoms with Gasteiger partial charge in [-0.25, -0.2) is 4.39 Å². The number of halogens is 2. The second-order valence-corrected chi connectivity index (χ2v) is 5.63. The first kappa shape index (κ1) is 16.2. The van der Waals surface area contributed by atoms with Crippen LogP contribution in [0.15, 0.2) is 46.9 Å². The Bertz CT molecular complexity index is 719. The molecule has 0 saturated carbocycles. The van der Waals surface area contributed by atoms with Crippen LogP contribution in [0.2, 0.25) is 0 Å². The molecule has 0 fully saturated rings. The zero-order valence-corrected chi connectivity index (χ0v) is 13.4. The number of anilines is 2. The summed E-state index contributed by atoms with van der Waals surface area (Å²) in [6.45, 7) is 1.85. The van der Waals surface area contributed by atoms with Gasteiger partial charge in [0.15, 0.2) is 0 Å². The quantitative estimate of drug-likeness (QED) is 0.809. The molecule has 2 aromatic carbocycles. The van der Waals surface area contributed by atoms with Crippen molar-refractivity contribution in [2.75, 3.05) is 10.6 Å². The third-order valence-electron chi connectivity index (χ3n) is 2.93. The van der Waals surface area contributed by atoms with E-state index in [1.54, 1.807) is 18.2 Å². The number of rotatable bonds is 4. The normalized spacial score (nSPS) is 10.1. The molecule has 2 N–H and O–H groups in total. The minimum absolute atomic E-state index is 0.0557. The van der Waals surface area contributed by atoms with Gasteiger partial charge in [-0.15, -0.1) is 0 Å². The lowest BCUT2D eigenvalue weighted by molar-refractivity contribution is -0.123. The van der Waals surface area contributed by atoms with E-state index in [1.807, 2.05) is 13.0 Å². The van der Waals surface area contributed by atoms with E-state index in [2.05, 4.69) is 26.6 Å². The van der Waals surface area contributed by atoms with Crippen LogP contribution in [0.25, 0.3) is 0 Å². The molecule has 114 valence electrons. The zero-order valence-electron chi connectivity index (χ0n) is 11.8. The molecule has 6 heteroatoms. The van der Waals surface area contributed by atoms with Crippen LogP contribution in [0.5, 0.6) is 0 Å². The number of benzene rings is 2. The first-order chi connectivity index (χ1) is 10.5. The van der Waals surface area contributed by atoms with E-state index in [0.717, 1.165) is 10.0 Å². The molecule has 0 heterocycles. The molecule has 2 amide bonds. The topological polar surface area (TPSA) is 58.2 Å². The van der Waals surface area contributed by atoms with Gasteiger partial charge < -0.3 is 10.6 Å². The van der Waals surface area contributed by atoms with E-state index in [9.17, 15) is 14.0 Å². The van der Waals surface area contributed by atoms with Crippen LogP contribution in [-0.2, 0) is 9.59 Å². The maximum atomic E-state index is 13.4. The van der Waals surface area contributed by atoms with Crippen molar-refractivity contribution in [2.24, 2.45) is 0 Å². The van der Waals surface area contributed by atoms with Crippen LogP contribution in [0.1, 0.15) is 12.0 Å². The Labute approximate surface area is 135 Å². The SMILES string of the molecule is Cc1cc(Br)ccc1NC(=O)CC(=O)Nc1ccccc1F. The fourth-order valence-corrected chi connectivity index (χ4v) is 2.34. The number of para-hydroxylation sites is 1. The highest BCUT2D eigenvalue weighted by atomic mass is 79.9. The molecule has 0 spiro atoms. The molecule has 0 bridgehead atoms. The molecule has 0 radical (unpaired) electrons. The van der Waals surface area contributed by atoms with Gasteiger partial charge in [0.05, 0.1) is 5.69 Å². The van der Waals surface area contributed by atoms with Crippen LogP contribution < -0.4 is 10.6 Å². The Morgan fingerprint density at radius 2 is 1.68 bits per heavy atom. The number of hydrogen-bond acceptors (Lipinski definition) is 2. The largest absolute Gasteiger partial charge is 0.325 e. The van der Waals surface area contributed by atoms with E-state index in [1.165, 1.54) is 18.2 Å². The molecule has 0 unspecified atom stereocenters. The molecule has 2 rings (SSSR count).